The van der Waals surface area contributed by atoms with Crippen LogP contribution in [0.2, 0.25) is 0 Å². The summed E-state index contributed by atoms with van der Waals surface area (Å²) in [5.41, 5.74) is 3.15. The molecule has 1 atom stereocenters. The first-order chi connectivity index (χ1) is 12.6. The standard InChI is InChI=1S/C21H25NO3S/c23-21(24)15-8-16-6-9-17(10-7-16)18-11-13-20(14-12-18)26(25)22-19-4-2-1-3-5-19/h6-7,9-14,19,22H,1-5,8,15H2,(H,23,24). The van der Waals surface area contributed by atoms with E-state index in [2.05, 4.69) is 4.72 Å². The molecule has 1 aliphatic carbocycles. The molecule has 1 fully saturated rings. The van der Waals surface area contributed by atoms with Crippen LogP contribution in [-0.4, -0.2) is 21.3 Å². The third-order valence-electron chi connectivity index (χ3n) is 4.86. The number of carboxylic acid groups (broad SMARTS) is 1. The molecular formula is C21H25NO3S. The number of nitrogens with one attached hydrogen (secondary N) is 1. The highest BCUT2D eigenvalue weighted by Crippen LogP contribution is 2.23. The van der Waals surface area contributed by atoms with Crippen LogP contribution in [0.3, 0.4) is 0 Å². The van der Waals surface area contributed by atoms with Gasteiger partial charge in [-0.3, -0.25) is 4.79 Å². The van der Waals surface area contributed by atoms with Crippen molar-refractivity contribution in [2.45, 2.75) is 55.9 Å². The van der Waals surface area contributed by atoms with Crippen LogP contribution in [0, 0.1) is 0 Å². The quantitative estimate of drug-likeness (QED) is 0.762. The highest BCUT2D eigenvalue weighted by atomic mass is 32.2. The smallest absolute Gasteiger partial charge is 0.303 e. The molecule has 2 aromatic carbocycles. The van der Waals surface area contributed by atoms with Crippen molar-refractivity contribution >= 4 is 17.0 Å². The SMILES string of the molecule is O=C(O)CCc1ccc(-c2ccc(S(=O)NC3CCCCC3)cc2)cc1. The number of rotatable bonds is 7. The van der Waals surface area contributed by atoms with Gasteiger partial charge in [-0.25, -0.2) is 8.93 Å². The van der Waals surface area contributed by atoms with E-state index in [9.17, 15) is 9.00 Å². The minimum absolute atomic E-state index is 0.147. The molecule has 5 heteroatoms. The third-order valence-corrected chi connectivity index (χ3v) is 6.11. The van der Waals surface area contributed by atoms with E-state index in [1.54, 1.807) is 0 Å². The molecular weight excluding hydrogens is 346 g/mol. The fourth-order valence-electron chi connectivity index (χ4n) is 3.33. The van der Waals surface area contributed by atoms with E-state index in [-0.39, 0.29) is 6.42 Å². The maximum absolute atomic E-state index is 12.5. The highest BCUT2D eigenvalue weighted by Gasteiger charge is 2.16. The van der Waals surface area contributed by atoms with Gasteiger partial charge in [-0.2, -0.15) is 0 Å². The van der Waals surface area contributed by atoms with Crippen LogP contribution in [0.15, 0.2) is 53.4 Å². The predicted molar refractivity (Wildman–Crippen MR) is 104 cm³/mol. The molecule has 0 radical (unpaired) electrons. The van der Waals surface area contributed by atoms with Gasteiger partial charge in [0, 0.05) is 12.5 Å². The van der Waals surface area contributed by atoms with Crippen LogP contribution in [-0.2, 0) is 22.2 Å². The van der Waals surface area contributed by atoms with Crippen LogP contribution < -0.4 is 4.72 Å². The van der Waals surface area contributed by atoms with Gasteiger partial charge in [-0.1, -0.05) is 55.7 Å². The lowest BCUT2D eigenvalue weighted by Crippen LogP contribution is -2.32. The Morgan fingerprint density at radius 3 is 2.12 bits per heavy atom. The molecule has 1 saturated carbocycles. The Morgan fingerprint density at radius 2 is 1.54 bits per heavy atom. The number of aryl methyl sites for hydroxylation is 1. The van der Waals surface area contributed by atoms with Gasteiger partial charge in [-0.05, 0) is 48.1 Å². The largest absolute Gasteiger partial charge is 0.481 e. The number of hydrogen-bond donors (Lipinski definition) is 2. The molecule has 2 N–H and O–H groups in total. The summed E-state index contributed by atoms with van der Waals surface area (Å²) in [6.45, 7) is 0. The Hall–Kier alpha value is -1.98. The first-order valence-corrected chi connectivity index (χ1v) is 10.4. The normalized spacial score (nSPS) is 16.3. The summed E-state index contributed by atoms with van der Waals surface area (Å²) < 4.78 is 15.7. The molecule has 0 saturated heterocycles. The van der Waals surface area contributed by atoms with Crippen molar-refractivity contribution in [2.75, 3.05) is 0 Å². The number of carboxylic acids is 1. The molecule has 2 aromatic rings. The maximum Gasteiger partial charge on any atom is 0.303 e. The van der Waals surface area contributed by atoms with E-state index >= 15 is 0 Å². The first kappa shape index (κ1) is 18.8. The van der Waals surface area contributed by atoms with E-state index < -0.39 is 17.0 Å². The summed E-state index contributed by atoms with van der Waals surface area (Å²) in [6.07, 6.45) is 6.63. The van der Waals surface area contributed by atoms with Crippen molar-refractivity contribution in [3.8, 4) is 11.1 Å². The molecule has 1 unspecified atom stereocenters. The molecule has 1 aliphatic rings. The average Bonchev–Trinajstić information content (AvgIpc) is 2.68. The summed E-state index contributed by atoms with van der Waals surface area (Å²) in [6, 6.07) is 16.1. The molecule has 0 aromatic heterocycles. The Balaban J connectivity index is 1.61. The molecule has 0 heterocycles. The van der Waals surface area contributed by atoms with Gasteiger partial charge >= 0.3 is 5.97 Å². The topological polar surface area (TPSA) is 66.4 Å². The van der Waals surface area contributed by atoms with Crippen molar-refractivity contribution < 1.29 is 14.1 Å². The molecule has 0 spiro atoms. The number of aliphatic carboxylic acids is 1. The number of carbonyl (C=O) groups is 1. The van der Waals surface area contributed by atoms with Gasteiger partial charge < -0.3 is 5.11 Å². The molecule has 4 nitrogen and oxygen atoms in total. The van der Waals surface area contributed by atoms with Crippen LogP contribution in [0.4, 0.5) is 0 Å². The zero-order chi connectivity index (χ0) is 18.4. The number of benzene rings is 2. The molecule has 0 amide bonds. The lowest BCUT2D eigenvalue weighted by atomic mass is 9.96. The summed E-state index contributed by atoms with van der Waals surface area (Å²) in [7, 11) is -1.16. The zero-order valence-electron chi connectivity index (χ0n) is 14.8. The van der Waals surface area contributed by atoms with Crippen molar-refractivity contribution in [2.24, 2.45) is 0 Å². The van der Waals surface area contributed by atoms with Crippen molar-refractivity contribution in [1.82, 2.24) is 4.72 Å². The Bertz CT molecular complexity index is 750. The summed E-state index contributed by atoms with van der Waals surface area (Å²) in [5, 5.41) is 8.75. The van der Waals surface area contributed by atoms with Gasteiger partial charge in [0.15, 0.2) is 0 Å². The molecule has 26 heavy (non-hydrogen) atoms. The molecule has 138 valence electrons. The van der Waals surface area contributed by atoms with Crippen LogP contribution in [0.25, 0.3) is 11.1 Å². The van der Waals surface area contributed by atoms with Gasteiger partial charge in [0.1, 0.15) is 11.0 Å². The minimum Gasteiger partial charge on any atom is -0.481 e. The van der Waals surface area contributed by atoms with E-state index in [1.807, 2.05) is 48.5 Å². The van der Waals surface area contributed by atoms with E-state index in [1.165, 1.54) is 19.3 Å². The average molecular weight is 372 g/mol. The van der Waals surface area contributed by atoms with Crippen molar-refractivity contribution in [3.63, 3.8) is 0 Å². The van der Waals surface area contributed by atoms with Gasteiger partial charge in [0.2, 0.25) is 0 Å². The Morgan fingerprint density at radius 1 is 0.962 bits per heavy atom. The van der Waals surface area contributed by atoms with Gasteiger partial charge in [-0.15, -0.1) is 0 Å². The van der Waals surface area contributed by atoms with E-state index in [4.69, 9.17) is 5.11 Å². The van der Waals surface area contributed by atoms with Crippen molar-refractivity contribution in [1.29, 1.82) is 0 Å². The van der Waals surface area contributed by atoms with Crippen LogP contribution in [0.1, 0.15) is 44.1 Å². The Labute approximate surface area is 157 Å². The van der Waals surface area contributed by atoms with E-state index in [0.29, 0.717) is 12.5 Å². The van der Waals surface area contributed by atoms with Crippen LogP contribution >= 0.6 is 0 Å². The third kappa shape index (κ3) is 5.26. The summed E-state index contributed by atoms with van der Waals surface area (Å²) in [4.78, 5) is 11.4. The summed E-state index contributed by atoms with van der Waals surface area (Å²) in [5.74, 6) is -0.778. The fourth-order valence-corrected chi connectivity index (χ4v) is 4.38. The second-order valence-electron chi connectivity index (χ2n) is 6.84. The maximum atomic E-state index is 12.5. The predicted octanol–water partition coefficient (Wildman–Crippen LogP) is 4.32. The summed E-state index contributed by atoms with van der Waals surface area (Å²) >= 11 is 0. The first-order valence-electron chi connectivity index (χ1n) is 9.21. The minimum atomic E-state index is -1.16. The number of hydrogen-bond acceptors (Lipinski definition) is 2. The van der Waals surface area contributed by atoms with Crippen molar-refractivity contribution in [3.05, 3.63) is 54.1 Å². The monoisotopic (exact) mass is 371 g/mol. The second kappa shape index (κ2) is 9.10. The van der Waals surface area contributed by atoms with Crippen LogP contribution in [0.5, 0.6) is 0 Å². The lowest BCUT2D eigenvalue weighted by molar-refractivity contribution is -0.136. The fraction of sp³-hybridized carbons (Fsp3) is 0.381. The molecule has 0 aliphatic heterocycles. The Kier molecular flexibility index (Phi) is 6.58. The zero-order valence-corrected chi connectivity index (χ0v) is 15.6. The molecule has 0 bridgehead atoms. The highest BCUT2D eigenvalue weighted by molar-refractivity contribution is 7.83. The van der Waals surface area contributed by atoms with Gasteiger partial charge in [0.05, 0.1) is 4.90 Å². The lowest BCUT2D eigenvalue weighted by Gasteiger charge is -2.22. The van der Waals surface area contributed by atoms with Gasteiger partial charge in [0.25, 0.3) is 0 Å². The molecule has 3 rings (SSSR count). The van der Waals surface area contributed by atoms with E-state index in [0.717, 1.165) is 34.4 Å². The second-order valence-corrected chi connectivity index (χ2v) is 8.08.